The predicted molar refractivity (Wildman–Crippen MR) is 81.9 cm³/mol. The number of hydrogen-bond donors (Lipinski definition) is 1. The maximum Gasteiger partial charge on any atom is 0.276 e. The van der Waals surface area contributed by atoms with Crippen molar-refractivity contribution in [2.45, 2.75) is 32.6 Å². The first-order chi connectivity index (χ1) is 9.79. The number of nitrogens with one attached hydrogen (secondary N) is 1. The highest BCUT2D eigenvalue weighted by atomic mass is 32.2. The average Bonchev–Trinajstić information content (AvgIpc) is 2.85. The zero-order valence-electron chi connectivity index (χ0n) is 12.5. The number of sulfonamides is 1. The van der Waals surface area contributed by atoms with Crippen LogP contribution in [0, 0.1) is 20.8 Å². The molecule has 1 N–H and O–H groups in total. The fraction of sp³-hybridized carbons (Fsp3) is 0.267. The smallest absolute Gasteiger partial charge is 0.276 e. The summed E-state index contributed by atoms with van der Waals surface area (Å²) in [4.78, 5) is 2.48. The summed E-state index contributed by atoms with van der Waals surface area (Å²) in [7, 11) is -3.69. The van der Waals surface area contributed by atoms with Crippen molar-refractivity contribution in [1.29, 1.82) is 0 Å². The lowest BCUT2D eigenvalue weighted by molar-refractivity contribution is 0.524. The molecule has 0 atom stereocenters. The SMILES string of the molecule is C/C(=N\NS(=O)(=O)c1cc(C)ccc1C)c1ccc(C)o1. The summed E-state index contributed by atoms with van der Waals surface area (Å²) >= 11 is 0. The molecule has 0 aliphatic rings. The number of aryl methyl sites for hydroxylation is 3. The van der Waals surface area contributed by atoms with Crippen molar-refractivity contribution in [3.05, 3.63) is 53.0 Å². The molecule has 2 aromatic rings. The van der Waals surface area contributed by atoms with Crippen LogP contribution in [0.15, 0.2) is 44.7 Å². The number of rotatable bonds is 4. The van der Waals surface area contributed by atoms with E-state index in [0.717, 1.165) is 11.3 Å². The van der Waals surface area contributed by atoms with Crippen molar-refractivity contribution in [1.82, 2.24) is 4.83 Å². The Labute approximate surface area is 124 Å². The van der Waals surface area contributed by atoms with Gasteiger partial charge in [0.2, 0.25) is 0 Å². The molecule has 1 aromatic heterocycles. The van der Waals surface area contributed by atoms with E-state index < -0.39 is 10.0 Å². The molecule has 0 saturated heterocycles. The highest BCUT2D eigenvalue weighted by molar-refractivity contribution is 7.89. The molecule has 0 amide bonds. The Bertz CT molecular complexity index is 789. The summed E-state index contributed by atoms with van der Waals surface area (Å²) in [5.41, 5.74) is 2.02. The molecular weight excluding hydrogens is 288 g/mol. The van der Waals surface area contributed by atoms with E-state index in [9.17, 15) is 8.42 Å². The van der Waals surface area contributed by atoms with Gasteiger partial charge in [-0.1, -0.05) is 12.1 Å². The van der Waals surface area contributed by atoms with Crippen molar-refractivity contribution in [2.24, 2.45) is 5.10 Å². The summed E-state index contributed by atoms with van der Waals surface area (Å²) in [5, 5.41) is 3.91. The van der Waals surface area contributed by atoms with Crippen LogP contribution in [-0.2, 0) is 10.0 Å². The van der Waals surface area contributed by atoms with Gasteiger partial charge < -0.3 is 4.42 Å². The lowest BCUT2D eigenvalue weighted by Crippen LogP contribution is -2.21. The van der Waals surface area contributed by atoms with E-state index >= 15 is 0 Å². The number of hydrogen-bond acceptors (Lipinski definition) is 4. The monoisotopic (exact) mass is 306 g/mol. The van der Waals surface area contributed by atoms with Crippen LogP contribution in [-0.4, -0.2) is 14.1 Å². The molecule has 0 fully saturated rings. The third-order valence-electron chi connectivity index (χ3n) is 3.06. The molecule has 0 bridgehead atoms. The summed E-state index contributed by atoms with van der Waals surface area (Å²) in [6.45, 7) is 7.10. The van der Waals surface area contributed by atoms with E-state index in [1.165, 1.54) is 0 Å². The second-order valence-electron chi connectivity index (χ2n) is 4.97. The molecule has 21 heavy (non-hydrogen) atoms. The van der Waals surface area contributed by atoms with E-state index in [2.05, 4.69) is 9.93 Å². The minimum absolute atomic E-state index is 0.231. The molecular formula is C15H18N2O3S. The van der Waals surface area contributed by atoms with Crippen molar-refractivity contribution in [3.63, 3.8) is 0 Å². The maximum absolute atomic E-state index is 12.3. The fourth-order valence-corrected chi connectivity index (χ4v) is 3.05. The average molecular weight is 306 g/mol. The van der Waals surface area contributed by atoms with Crippen molar-refractivity contribution >= 4 is 15.7 Å². The van der Waals surface area contributed by atoms with E-state index in [1.807, 2.05) is 19.9 Å². The van der Waals surface area contributed by atoms with Gasteiger partial charge in [0.15, 0.2) is 0 Å². The normalized spacial score (nSPS) is 12.5. The predicted octanol–water partition coefficient (Wildman–Crippen LogP) is 2.91. The Morgan fingerprint density at radius 3 is 2.48 bits per heavy atom. The maximum atomic E-state index is 12.3. The molecule has 5 nitrogen and oxygen atoms in total. The molecule has 6 heteroatoms. The Kier molecular flexibility index (Phi) is 4.18. The van der Waals surface area contributed by atoms with Gasteiger partial charge in [-0.15, -0.1) is 0 Å². The summed E-state index contributed by atoms with van der Waals surface area (Å²) < 4.78 is 30.0. The van der Waals surface area contributed by atoms with Gasteiger partial charge in [0.05, 0.1) is 4.90 Å². The van der Waals surface area contributed by atoms with Crippen LogP contribution >= 0.6 is 0 Å². The molecule has 1 heterocycles. The number of furan rings is 1. The van der Waals surface area contributed by atoms with Gasteiger partial charge in [-0.25, -0.2) is 0 Å². The first-order valence-corrected chi connectivity index (χ1v) is 7.98. The number of benzene rings is 1. The Hall–Kier alpha value is -2.08. The molecule has 0 aliphatic heterocycles. The fourth-order valence-electron chi connectivity index (χ4n) is 1.86. The number of nitrogens with zero attached hydrogens (tertiary/aromatic N) is 1. The largest absolute Gasteiger partial charge is 0.460 e. The minimum Gasteiger partial charge on any atom is -0.460 e. The van der Waals surface area contributed by atoms with Gasteiger partial charge in [0.25, 0.3) is 10.0 Å². The minimum atomic E-state index is -3.69. The van der Waals surface area contributed by atoms with Gasteiger partial charge >= 0.3 is 0 Å². The first kappa shape index (κ1) is 15.3. The Morgan fingerprint density at radius 2 is 1.86 bits per heavy atom. The van der Waals surface area contributed by atoms with Crippen molar-refractivity contribution < 1.29 is 12.8 Å². The van der Waals surface area contributed by atoms with Gasteiger partial charge in [0.1, 0.15) is 17.2 Å². The lowest BCUT2D eigenvalue weighted by Gasteiger charge is -2.08. The van der Waals surface area contributed by atoms with Crippen molar-refractivity contribution in [2.75, 3.05) is 0 Å². The van der Waals surface area contributed by atoms with Crippen LogP contribution in [0.25, 0.3) is 0 Å². The highest BCUT2D eigenvalue weighted by Gasteiger charge is 2.16. The molecule has 0 radical (unpaired) electrons. The van der Waals surface area contributed by atoms with Gasteiger partial charge in [0, 0.05) is 0 Å². The van der Waals surface area contributed by atoms with Gasteiger partial charge in [-0.3, -0.25) is 0 Å². The quantitative estimate of drug-likeness (QED) is 0.697. The second-order valence-corrected chi connectivity index (χ2v) is 6.60. The second kappa shape index (κ2) is 5.73. The molecule has 0 spiro atoms. The van der Waals surface area contributed by atoms with Crippen LogP contribution in [0.1, 0.15) is 29.6 Å². The van der Waals surface area contributed by atoms with E-state index in [-0.39, 0.29) is 4.90 Å². The highest BCUT2D eigenvalue weighted by Crippen LogP contribution is 2.16. The molecule has 0 aliphatic carbocycles. The first-order valence-electron chi connectivity index (χ1n) is 6.50. The van der Waals surface area contributed by atoms with Crippen LogP contribution in [0.3, 0.4) is 0 Å². The zero-order chi connectivity index (χ0) is 15.6. The molecule has 2 rings (SSSR count). The molecule has 0 unspecified atom stereocenters. The van der Waals surface area contributed by atoms with Crippen molar-refractivity contribution in [3.8, 4) is 0 Å². The standard InChI is InChI=1S/C15H18N2O3S/c1-10-5-6-11(2)15(9-10)21(18,19)17-16-13(4)14-8-7-12(3)20-14/h5-9,17H,1-4H3/b16-13+. The van der Waals surface area contributed by atoms with Gasteiger partial charge in [-0.05, 0) is 57.0 Å². The molecule has 1 aromatic carbocycles. The Morgan fingerprint density at radius 1 is 1.14 bits per heavy atom. The van der Waals surface area contributed by atoms with Crippen LogP contribution in [0.5, 0.6) is 0 Å². The number of hydrazone groups is 1. The zero-order valence-corrected chi connectivity index (χ0v) is 13.3. The molecule has 0 saturated carbocycles. The third kappa shape index (κ3) is 3.52. The lowest BCUT2D eigenvalue weighted by atomic mass is 10.2. The summed E-state index contributed by atoms with van der Waals surface area (Å²) in [5.74, 6) is 1.29. The van der Waals surface area contributed by atoms with E-state index in [0.29, 0.717) is 17.0 Å². The third-order valence-corrected chi connectivity index (χ3v) is 4.41. The van der Waals surface area contributed by atoms with Crippen LogP contribution in [0.2, 0.25) is 0 Å². The molecule has 112 valence electrons. The summed E-state index contributed by atoms with van der Waals surface area (Å²) in [6.07, 6.45) is 0. The summed E-state index contributed by atoms with van der Waals surface area (Å²) in [6, 6.07) is 8.82. The Balaban J connectivity index is 2.27. The topological polar surface area (TPSA) is 71.7 Å². The van der Waals surface area contributed by atoms with E-state index in [4.69, 9.17) is 4.42 Å². The van der Waals surface area contributed by atoms with Crippen LogP contribution < -0.4 is 4.83 Å². The van der Waals surface area contributed by atoms with Gasteiger partial charge in [-0.2, -0.15) is 18.4 Å². The van der Waals surface area contributed by atoms with E-state index in [1.54, 1.807) is 38.1 Å². The van der Waals surface area contributed by atoms with Crippen LogP contribution in [0.4, 0.5) is 0 Å².